The van der Waals surface area contributed by atoms with Crippen LogP contribution < -0.4 is 5.32 Å². The third kappa shape index (κ3) is 2.91. The molecule has 3 nitrogen and oxygen atoms in total. The van der Waals surface area contributed by atoms with Crippen molar-refractivity contribution in [2.45, 2.75) is 19.9 Å². The SMILES string of the molecule is Cc1sc(C(=O)N2CCNCC2C)cc1-c1ccc(F)cc1. The van der Waals surface area contributed by atoms with Gasteiger partial charge in [0.2, 0.25) is 0 Å². The zero-order valence-electron chi connectivity index (χ0n) is 12.7. The van der Waals surface area contributed by atoms with E-state index in [4.69, 9.17) is 0 Å². The second-order valence-corrected chi connectivity index (χ2v) is 6.90. The first-order chi connectivity index (χ1) is 10.6. The van der Waals surface area contributed by atoms with Gasteiger partial charge in [-0.15, -0.1) is 11.3 Å². The molecule has 1 saturated heterocycles. The standard InChI is InChI=1S/C17H19FN2OS/c1-11-10-19-7-8-20(11)17(21)16-9-15(12(2)22-16)13-3-5-14(18)6-4-13/h3-6,9,11,19H,7-8,10H2,1-2H3. The van der Waals surface area contributed by atoms with E-state index in [0.29, 0.717) is 0 Å². The van der Waals surface area contributed by atoms with Gasteiger partial charge in [0.1, 0.15) is 5.82 Å². The van der Waals surface area contributed by atoms with Gasteiger partial charge in [-0.3, -0.25) is 4.79 Å². The molecule has 0 bridgehead atoms. The maximum atomic E-state index is 13.1. The lowest BCUT2D eigenvalue weighted by Gasteiger charge is -2.33. The van der Waals surface area contributed by atoms with Crippen molar-refractivity contribution in [1.82, 2.24) is 10.2 Å². The van der Waals surface area contributed by atoms with E-state index in [0.717, 1.165) is 40.5 Å². The Hall–Kier alpha value is -1.72. The van der Waals surface area contributed by atoms with Crippen molar-refractivity contribution in [3.8, 4) is 11.1 Å². The van der Waals surface area contributed by atoms with Crippen molar-refractivity contribution in [2.24, 2.45) is 0 Å². The Labute approximate surface area is 133 Å². The van der Waals surface area contributed by atoms with Crippen LogP contribution in [0.3, 0.4) is 0 Å². The zero-order chi connectivity index (χ0) is 15.7. The topological polar surface area (TPSA) is 32.3 Å². The number of nitrogens with one attached hydrogen (secondary N) is 1. The Morgan fingerprint density at radius 2 is 2.09 bits per heavy atom. The summed E-state index contributed by atoms with van der Waals surface area (Å²) in [7, 11) is 0. The van der Waals surface area contributed by atoms with Crippen molar-refractivity contribution in [1.29, 1.82) is 0 Å². The maximum Gasteiger partial charge on any atom is 0.264 e. The summed E-state index contributed by atoms with van der Waals surface area (Å²) in [4.78, 5) is 16.5. The first-order valence-electron chi connectivity index (χ1n) is 7.44. The fraction of sp³-hybridized carbons (Fsp3) is 0.353. The Morgan fingerprint density at radius 3 is 2.77 bits per heavy atom. The lowest BCUT2D eigenvalue weighted by atomic mass is 10.1. The largest absolute Gasteiger partial charge is 0.333 e. The number of carbonyl (C=O) groups is 1. The van der Waals surface area contributed by atoms with Gasteiger partial charge in [0, 0.05) is 30.6 Å². The highest BCUT2D eigenvalue weighted by Crippen LogP contribution is 2.32. The van der Waals surface area contributed by atoms with Crippen LogP contribution in [0.15, 0.2) is 30.3 Å². The highest BCUT2D eigenvalue weighted by Gasteiger charge is 2.25. The molecule has 1 N–H and O–H groups in total. The number of benzene rings is 1. The molecule has 1 atom stereocenters. The molecule has 0 saturated carbocycles. The molecule has 1 unspecified atom stereocenters. The minimum absolute atomic E-state index is 0.0930. The molecule has 3 rings (SSSR count). The van der Waals surface area contributed by atoms with Crippen molar-refractivity contribution in [3.63, 3.8) is 0 Å². The van der Waals surface area contributed by atoms with E-state index in [-0.39, 0.29) is 17.8 Å². The van der Waals surface area contributed by atoms with E-state index < -0.39 is 0 Å². The molecule has 2 aromatic rings. The average molecular weight is 318 g/mol. The van der Waals surface area contributed by atoms with E-state index in [1.165, 1.54) is 23.5 Å². The monoisotopic (exact) mass is 318 g/mol. The highest BCUT2D eigenvalue weighted by atomic mass is 32.1. The van der Waals surface area contributed by atoms with E-state index in [2.05, 4.69) is 12.2 Å². The van der Waals surface area contributed by atoms with Crippen molar-refractivity contribution in [3.05, 3.63) is 45.9 Å². The number of carbonyl (C=O) groups excluding carboxylic acids is 1. The molecule has 1 aromatic heterocycles. The number of rotatable bonds is 2. The Bertz CT molecular complexity index is 680. The minimum Gasteiger partial charge on any atom is -0.333 e. The molecule has 0 radical (unpaired) electrons. The summed E-state index contributed by atoms with van der Waals surface area (Å²) in [5, 5.41) is 3.29. The molecule has 116 valence electrons. The molecule has 0 aliphatic carbocycles. The van der Waals surface area contributed by atoms with Crippen LogP contribution in [0.25, 0.3) is 11.1 Å². The second-order valence-electron chi connectivity index (χ2n) is 5.64. The molecule has 0 spiro atoms. The second kappa shape index (κ2) is 6.18. The van der Waals surface area contributed by atoms with Crippen LogP contribution in [-0.4, -0.2) is 36.5 Å². The lowest BCUT2D eigenvalue weighted by Crippen LogP contribution is -2.52. The predicted molar refractivity (Wildman–Crippen MR) is 87.8 cm³/mol. The normalized spacial score (nSPS) is 18.5. The van der Waals surface area contributed by atoms with Crippen molar-refractivity contribution in [2.75, 3.05) is 19.6 Å². The fourth-order valence-electron chi connectivity index (χ4n) is 2.79. The van der Waals surface area contributed by atoms with E-state index in [1.807, 2.05) is 17.9 Å². The highest BCUT2D eigenvalue weighted by molar-refractivity contribution is 7.14. The first kappa shape index (κ1) is 15.2. The molecule has 22 heavy (non-hydrogen) atoms. The van der Waals surface area contributed by atoms with Gasteiger partial charge in [-0.25, -0.2) is 4.39 Å². The summed E-state index contributed by atoms with van der Waals surface area (Å²) in [5.74, 6) is -0.155. The van der Waals surface area contributed by atoms with Gasteiger partial charge in [0.05, 0.1) is 4.88 Å². The zero-order valence-corrected chi connectivity index (χ0v) is 13.5. The number of nitrogens with zero attached hydrogens (tertiary/aromatic N) is 1. The summed E-state index contributed by atoms with van der Waals surface area (Å²) in [6.07, 6.45) is 0. The summed E-state index contributed by atoms with van der Waals surface area (Å²) in [6, 6.07) is 8.55. The van der Waals surface area contributed by atoms with Crippen LogP contribution in [-0.2, 0) is 0 Å². The molecule has 1 aliphatic heterocycles. The van der Waals surface area contributed by atoms with Crippen LogP contribution >= 0.6 is 11.3 Å². The number of hydrogen-bond donors (Lipinski definition) is 1. The van der Waals surface area contributed by atoms with Gasteiger partial charge in [-0.2, -0.15) is 0 Å². The lowest BCUT2D eigenvalue weighted by molar-refractivity contribution is 0.0661. The first-order valence-corrected chi connectivity index (χ1v) is 8.26. The maximum absolute atomic E-state index is 13.1. The van der Waals surface area contributed by atoms with Crippen LogP contribution in [0.1, 0.15) is 21.5 Å². The predicted octanol–water partition coefficient (Wildman–Crippen LogP) is 3.30. The van der Waals surface area contributed by atoms with Gasteiger partial charge in [-0.05, 0) is 43.2 Å². The molecule has 5 heteroatoms. The molecular formula is C17H19FN2OS. The number of amides is 1. The molecule has 2 heterocycles. The van der Waals surface area contributed by atoms with Gasteiger partial charge < -0.3 is 10.2 Å². The van der Waals surface area contributed by atoms with E-state index in [9.17, 15) is 9.18 Å². The van der Waals surface area contributed by atoms with Gasteiger partial charge in [0.15, 0.2) is 0 Å². The summed E-state index contributed by atoms with van der Waals surface area (Å²) in [6.45, 7) is 6.47. The van der Waals surface area contributed by atoms with Crippen LogP contribution in [0.4, 0.5) is 4.39 Å². The number of thiophene rings is 1. The summed E-state index contributed by atoms with van der Waals surface area (Å²) in [5.41, 5.74) is 1.96. The minimum atomic E-state index is -0.248. The van der Waals surface area contributed by atoms with Gasteiger partial charge in [-0.1, -0.05) is 12.1 Å². The van der Waals surface area contributed by atoms with E-state index >= 15 is 0 Å². The van der Waals surface area contributed by atoms with Crippen LogP contribution in [0.2, 0.25) is 0 Å². The van der Waals surface area contributed by atoms with Gasteiger partial charge >= 0.3 is 0 Å². The number of hydrogen-bond acceptors (Lipinski definition) is 3. The molecule has 1 aliphatic rings. The quantitative estimate of drug-likeness (QED) is 0.921. The Kier molecular flexibility index (Phi) is 4.27. The van der Waals surface area contributed by atoms with Crippen LogP contribution in [0.5, 0.6) is 0 Å². The van der Waals surface area contributed by atoms with Crippen molar-refractivity contribution < 1.29 is 9.18 Å². The van der Waals surface area contributed by atoms with Crippen molar-refractivity contribution >= 4 is 17.2 Å². The molecular weight excluding hydrogens is 299 g/mol. The third-order valence-electron chi connectivity index (χ3n) is 4.05. The molecule has 1 amide bonds. The number of piperazine rings is 1. The Morgan fingerprint density at radius 1 is 1.36 bits per heavy atom. The fourth-order valence-corrected chi connectivity index (χ4v) is 3.79. The number of aryl methyl sites for hydroxylation is 1. The molecule has 1 fully saturated rings. The Balaban J connectivity index is 1.88. The average Bonchev–Trinajstić information content (AvgIpc) is 2.90. The smallest absolute Gasteiger partial charge is 0.264 e. The van der Waals surface area contributed by atoms with E-state index in [1.54, 1.807) is 12.1 Å². The molecule has 1 aromatic carbocycles. The summed E-state index contributed by atoms with van der Waals surface area (Å²) >= 11 is 1.51. The summed E-state index contributed by atoms with van der Waals surface area (Å²) < 4.78 is 13.1. The third-order valence-corrected chi connectivity index (χ3v) is 5.08. The van der Waals surface area contributed by atoms with Crippen LogP contribution in [0, 0.1) is 12.7 Å². The van der Waals surface area contributed by atoms with Gasteiger partial charge in [0.25, 0.3) is 5.91 Å². The number of halogens is 1.